The Hall–Kier alpha value is 0.0649. The van der Waals surface area contributed by atoms with Crippen LogP contribution in [0.25, 0.3) is 0 Å². The highest BCUT2D eigenvalue weighted by Gasteiger charge is 2.12. The zero-order valence-electron chi connectivity index (χ0n) is 8.32. The molecule has 0 aliphatic carbocycles. The molecule has 0 N–H and O–H groups in total. The molecule has 0 aromatic heterocycles. The van der Waals surface area contributed by atoms with Crippen molar-refractivity contribution in [3.05, 3.63) is 0 Å². The van der Waals surface area contributed by atoms with Crippen LogP contribution in [0.4, 0.5) is 0 Å². The fourth-order valence-corrected chi connectivity index (χ4v) is 1.13. The van der Waals surface area contributed by atoms with E-state index in [1.165, 1.54) is 32.1 Å². The van der Waals surface area contributed by atoms with Crippen molar-refractivity contribution in [2.24, 2.45) is 0 Å². The summed E-state index contributed by atoms with van der Waals surface area (Å²) < 4.78 is 0. The number of hydrogen-bond acceptors (Lipinski definition) is 0. The smallest absolute Gasteiger partial charge is 0.0691 e. The van der Waals surface area contributed by atoms with Crippen molar-refractivity contribution in [1.82, 2.24) is 0 Å². The van der Waals surface area contributed by atoms with E-state index in [1.54, 1.807) is 0 Å². The predicted molar refractivity (Wildman–Crippen MR) is 53.2 cm³/mol. The summed E-state index contributed by atoms with van der Waals surface area (Å²) in [5.41, 5.74) is 0. The first kappa shape index (κ1) is 11.1. The quantitative estimate of drug-likeness (QED) is 0.402. The van der Waals surface area contributed by atoms with E-state index < -0.39 is 0 Å². The van der Waals surface area contributed by atoms with E-state index in [4.69, 9.17) is 7.85 Å². The second kappa shape index (κ2) is 5.68. The fourth-order valence-electron chi connectivity index (χ4n) is 1.13. The molecule has 1 atom stereocenters. The zero-order valence-corrected chi connectivity index (χ0v) is 8.32. The van der Waals surface area contributed by atoms with Gasteiger partial charge in [0, 0.05) is 0 Å². The van der Waals surface area contributed by atoms with Crippen molar-refractivity contribution >= 4 is 7.85 Å². The maximum atomic E-state index is 6.00. The van der Waals surface area contributed by atoms with E-state index in [9.17, 15) is 0 Å². The molecule has 0 amide bonds. The minimum atomic E-state index is 0.0910. The van der Waals surface area contributed by atoms with Crippen molar-refractivity contribution in [1.29, 1.82) is 0 Å². The lowest BCUT2D eigenvalue weighted by Gasteiger charge is -2.22. The van der Waals surface area contributed by atoms with Gasteiger partial charge in [0.05, 0.1) is 7.85 Å². The maximum Gasteiger partial charge on any atom is 0.0742 e. The number of hydrogen-bond donors (Lipinski definition) is 0. The van der Waals surface area contributed by atoms with Gasteiger partial charge in [0.25, 0.3) is 0 Å². The molecule has 0 rings (SSSR count). The van der Waals surface area contributed by atoms with Gasteiger partial charge in [-0.25, -0.2) is 0 Å². The van der Waals surface area contributed by atoms with E-state index >= 15 is 0 Å². The second-order valence-electron chi connectivity index (χ2n) is 3.82. The highest BCUT2D eigenvalue weighted by molar-refractivity contribution is 6.14. The first-order valence-corrected chi connectivity index (χ1v) is 4.91. The van der Waals surface area contributed by atoms with Gasteiger partial charge in [-0.05, 0) is 0 Å². The Balaban J connectivity index is 3.23. The molecule has 0 aliphatic rings. The molecule has 0 aliphatic heterocycles. The normalized spacial score (nSPS) is 16.3. The van der Waals surface area contributed by atoms with Gasteiger partial charge in [0.2, 0.25) is 0 Å². The van der Waals surface area contributed by atoms with Gasteiger partial charge in [0.1, 0.15) is 0 Å². The lowest BCUT2D eigenvalue weighted by atomic mass is 9.65. The summed E-state index contributed by atoms with van der Waals surface area (Å²) >= 11 is 0. The Morgan fingerprint density at radius 2 is 1.73 bits per heavy atom. The van der Waals surface area contributed by atoms with Crippen LogP contribution in [0.3, 0.4) is 0 Å². The van der Waals surface area contributed by atoms with Gasteiger partial charge in [-0.15, -0.1) is 0 Å². The molecule has 0 bridgehead atoms. The highest BCUT2D eigenvalue weighted by atomic mass is 14.1. The van der Waals surface area contributed by atoms with Crippen LogP contribution < -0.4 is 0 Å². The third kappa shape index (κ3) is 6.46. The molecular weight excluding hydrogens is 131 g/mol. The molecule has 0 heterocycles. The Labute approximate surface area is 73.2 Å². The highest BCUT2D eigenvalue weighted by Crippen LogP contribution is 2.31. The first-order valence-electron chi connectivity index (χ1n) is 4.91. The van der Waals surface area contributed by atoms with Crippen LogP contribution in [-0.2, 0) is 0 Å². The number of unbranched alkanes of at least 4 members (excludes halogenated alkanes) is 3. The fraction of sp³-hybridized carbons (Fsp3) is 1.00. The van der Waals surface area contributed by atoms with Crippen LogP contribution in [0, 0.1) is 0 Å². The van der Waals surface area contributed by atoms with Gasteiger partial charge in [-0.1, -0.05) is 64.6 Å². The molecular formula is C10H21B. The van der Waals surface area contributed by atoms with Crippen molar-refractivity contribution < 1.29 is 0 Å². The van der Waals surface area contributed by atoms with E-state index in [-0.39, 0.29) is 5.31 Å². The van der Waals surface area contributed by atoms with Crippen LogP contribution >= 0.6 is 0 Å². The van der Waals surface area contributed by atoms with Gasteiger partial charge < -0.3 is 0 Å². The molecule has 0 aromatic carbocycles. The largest absolute Gasteiger partial charge is 0.0742 e. The maximum absolute atomic E-state index is 6.00. The summed E-state index contributed by atoms with van der Waals surface area (Å²) in [4.78, 5) is 0. The zero-order chi connectivity index (χ0) is 8.74. The molecule has 1 heteroatoms. The van der Waals surface area contributed by atoms with Gasteiger partial charge in [-0.3, -0.25) is 0 Å². The van der Waals surface area contributed by atoms with E-state index in [2.05, 4.69) is 20.8 Å². The van der Waals surface area contributed by atoms with Crippen LogP contribution in [-0.4, -0.2) is 7.85 Å². The summed E-state index contributed by atoms with van der Waals surface area (Å²) in [6.45, 7) is 6.56. The first-order chi connectivity index (χ1) is 5.12. The molecule has 0 saturated carbocycles. The van der Waals surface area contributed by atoms with Gasteiger partial charge in [-0.2, -0.15) is 0 Å². The predicted octanol–water partition coefficient (Wildman–Crippen LogP) is 3.71. The summed E-state index contributed by atoms with van der Waals surface area (Å²) in [6.07, 6.45) is 7.60. The van der Waals surface area contributed by atoms with E-state index in [0.717, 1.165) is 6.42 Å². The summed E-state index contributed by atoms with van der Waals surface area (Å²) in [5, 5.41) is 0.0910. The van der Waals surface area contributed by atoms with Crippen LogP contribution in [0.2, 0.25) is 5.31 Å². The van der Waals surface area contributed by atoms with Crippen LogP contribution in [0.1, 0.15) is 59.3 Å². The Kier molecular flexibility index (Phi) is 5.72. The molecule has 64 valence electrons. The molecule has 0 spiro atoms. The summed E-state index contributed by atoms with van der Waals surface area (Å²) in [7, 11) is 6.00. The minimum absolute atomic E-state index is 0.0910. The van der Waals surface area contributed by atoms with Crippen LogP contribution in [0.15, 0.2) is 0 Å². The number of rotatable bonds is 6. The molecule has 0 saturated heterocycles. The van der Waals surface area contributed by atoms with Crippen LogP contribution in [0.5, 0.6) is 0 Å². The minimum Gasteiger partial charge on any atom is -0.0691 e. The van der Waals surface area contributed by atoms with Crippen molar-refractivity contribution in [2.75, 3.05) is 0 Å². The average molecular weight is 152 g/mol. The molecule has 11 heavy (non-hydrogen) atoms. The Morgan fingerprint density at radius 1 is 1.09 bits per heavy atom. The van der Waals surface area contributed by atoms with Gasteiger partial charge >= 0.3 is 0 Å². The molecule has 0 aromatic rings. The summed E-state index contributed by atoms with van der Waals surface area (Å²) in [5.74, 6) is 0. The second-order valence-corrected chi connectivity index (χ2v) is 3.82. The summed E-state index contributed by atoms with van der Waals surface area (Å²) in [6, 6.07) is 0. The molecule has 0 nitrogen and oxygen atoms in total. The lowest BCUT2D eigenvalue weighted by molar-refractivity contribution is 0.497. The Morgan fingerprint density at radius 3 is 2.18 bits per heavy atom. The molecule has 0 fully saturated rings. The van der Waals surface area contributed by atoms with Gasteiger partial charge in [0.15, 0.2) is 0 Å². The average Bonchev–Trinajstić information content (AvgIpc) is 1.99. The molecule has 1 unspecified atom stereocenters. The topological polar surface area (TPSA) is 0 Å². The Bertz CT molecular complexity index is 86.9. The standard InChI is InChI=1S/C10H21B/c1-4-6-7-8-9-10(3,11)5-2/h4-9H2,1-3H3. The monoisotopic (exact) mass is 152 g/mol. The third-order valence-electron chi connectivity index (χ3n) is 2.41. The van der Waals surface area contributed by atoms with Crippen molar-refractivity contribution in [2.45, 2.75) is 64.6 Å². The van der Waals surface area contributed by atoms with E-state index in [1.807, 2.05) is 0 Å². The van der Waals surface area contributed by atoms with E-state index in [0.29, 0.717) is 0 Å². The SMILES string of the molecule is [B]C(C)(CC)CCCCCC. The lowest BCUT2D eigenvalue weighted by Crippen LogP contribution is -2.05. The molecule has 2 radical (unpaired) electrons. The van der Waals surface area contributed by atoms with Crippen molar-refractivity contribution in [3.8, 4) is 0 Å². The third-order valence-corrected chi connectivity index (χ3v) is 2.41. The van der Waals surface area contributed by atoms with Crippen molar-refractivity contribution in [3.63, 3.8) is 0 Å².